The first-order chi connectivity index (χ1) is 28.8. The van der Waals surface area contributed by atoms with Crippen LogP contribution in [0.15, 0.2) is 176 Å². The molecule has 1 heteroatoms. The summed E-state index contributed by atoms with van der Waals surface area (Å²) in [6.07, 6.45) is 0. The molecule has 1 nitrogen and oxygen atoms in total. The molecule has 0 aromatic heterocycles. The lowest BCUT2D eigenvalue weighted by molar-refractivity contribution is 0.590. The van der Waals surface area contributed by atoms with E-state index in [1.54, 1.807) is 0 Å². The van der Waals surface area contributed by atoms with Crippen molar-refractivity contribution in [2.24, 2.45) is 0 Å². The fourth-order valence-electron chi connectivity index (χ4n) is 9.95. The summed E-state index contributed by atoms with van der Waals surface area (Å²) in [5, 5.41) is 0. The van der Waals surface area contributed by atoms with Gasteiger partial charge < -0.3 is 4.90 Å². The Morgan fingerprint density at radius 2 is 0.750 bits per heavy atom. The zero-order valence-electron chi connectivity index (χ0n) is 36.2. The van der Waals surface area contributed by atoms with Crippen molar-refractivity contribution in [1.29, 1.82) is 0 Å². The van der Waals surface area contributed by atoms with Crippen molar-refractivity contribution in [1.82, 2.24) is 0 Å². The van der Waals surface area contributed by atoms with E-state index in [1.165, 1.54) is 89.0 Å². The Labute approximate surface area is 357 Å². The first kappa shape index (κ1) is 37.8. The SMILES string of the molecule is Cc1ccc(N(c2ccc(-c3ccc(C(C)(C)C)cc3)cc2)c2cc(-c3ccc4c(c3)C(C)(C)c3ccccc3-4)cc(-c3ccc4c(c3)C(C)(C)c3ccccc3-4)c2)cc1. The van der Waals surface area contributed by atoms with Gasteiger partial charge >= 0.3 is 0 Å². The van der Waals surface area contributed by atoms with Gasteiger partial charge in [-0.25, -0.2) is 0 Å². The van der Waals surface area contributed by atoms with Gasteiger partial charge in [0, 0.05) is 27.9 Å². The lowest BCUT2D eigenvalue weighted by atomic mass is 9.81. The van der Waals surface area contributed by atoms with Crippen molar-refractivity contribution >= 4 is 17.1 Å². The Morgan fingerprint density at radius 1 is 0.350 bits per heavy atom. The molecule has 2 aliphatic carbocycles. The fraction of sp³-hybridized carbons (Fsp3) is 0.186. The number of rotatable bonds is 6. The highest BCUT2D eigenvalue weighted by Gasteiger charge is 2.36. The van der Waals surface area contributed by atoms with Crippen LogP contribution in [0.3, 0.4) is 0 Å². The largest absolute Gasteiger partial charge is 0.310 e. The molecule has 294 valence electrons. The molecule has 0 unspecified atom stereocenters. The van der Waals surface area contributed by atoms with Gasteiger partial charge in [-0.2, -0.15) is 0 Å². The summed E-state index contributed by atoms with van der Waals surface area (Å²) in [7, 11) is 0. The molecule has 10 rings (SSSR count). The highest BCUT2D eigenvalue weighted by molar-refractivity contribution is 5.90. The molecule has 0 spiro atoms. The summed E-state index contributed by atoms with van der Waals surface area (Å²) in [5.41, 5.74) is 24.1. The first-order valence-corrected chi connectivity index (χ1v) is 21.5. The third-order valence-electron chi connectivity index (χ3n) is 13.5. The molecule has 0 bridgehead atoms. The minimum atomic E-state index is -0.0916. The number of hydrogen-bond acceptors (Lipinski definition) is 1. The Balaban J connectivity index is 1.14. The standard InChI is InChI=1S/C59H53N/c1-38-17-27-46(28-18-38)60(47-29-21-40(22-30-47)39-19-25-45(26-20-39)57(2,3)4)48-34-43(41-23-31-51-49-13-9-11-15-53(49)58(5,6)55(51)36-41)33-44(35-48)42-24-32-52-50-14-10-12-16-54(50)59(7,8)56(52)37-42/h9-37H,1-8H3. The first-order valence-electron chi connectivity index (χ1n) is 21.5. The van der Waals surface area contributed by atoms with Gasteiger partial charge in [-0.3, -0.25) is 0 Å². The zero-order chi connectivity index (χ0) is 41.6. The molecule has 0 saturated carbocycles. The van der Waals surface area contributed by atoms with E-state index in [1.807, 2.05) is 0 Å². The molecular weight excluding hydrogens is 723 g/mol. The van der Waals surface area contributed by atoms with E-state index in [-0.39, 0.29) is 16.2 Å². The Bertz CT molecular complexity index is 2810. The molecular formula is C59H53N. The van der Waals surface area contributed by atoms with Crippen LogP contribution in [-0.4, -0.2) is 0 Å². The highest BCUT2D eigenvalue weighted by atomic mass is 15.1. The number of anilines is 3. The maximum absolute atomic E-state index is 2.45. The third-order valence-corrected chi connectivity index (χ3v) is 13.5. The van der Waals surface area contributed by atoms with Gasteiger partial charge in [0.05, 0.1) is 0 Å². The number of benzene rings is 8. The second-order valence-electron chi connectivity index (χ2n) is 19.2. The Morgan fingerprint density at radius 3 is 1.22 bits per heavy atom. The van der Waals surface area contributed by atoms with Gasteiger partial charge in [-0.15, -0.1) is 0 Å². The molecule has 0 aliphatic heterocycles. The topological polar surface area (TPSA) is 3.24 Å². The van der Waals surface area contributed by atoms with E-state index >= 15 is 0 Å². The predicted molar refractivity (Wildman–Crippen MR) is 256 cm³/mol. The maximum atomic E-state index is 2.45. The lowest BCUT2D eigenvalue weighted by Gasteiger charge is -2.28. The van der Waals surface area contributed by atoms with Crippen molar-refractivity contribution in [2.45, 2.75) is 71.6 Å². The summed E-state index contributed by atoms with van der Waals surface area (Å²) in [4.78, 5) is 2.43. The molecule has 0 fully saturated rings. The van der Waals surface area contributed by atoms with Crippen molar-refractivity contribution in [3.05, 3.63) is 209 Å². The predicted octanol–water partition coefficient (Wildman–Crippen LogP) is 16.4. The smallest absolute Gasteiger partial charge is 0.0473 e. The molecule has 0 heterocycles. The summed E-state index contributed by atoms with van der Waals surface area (Å²) >= 11 is 0. The van der Waals surface area contributed by atoms with E-state index in [0.29, 0.717) is 0 Å². The molecule has 0 amide bonds. The Hall–Kier alpha value is -6.44. The van der Waals surface area contributed by atoms with Crippen molar-refractivity contribution in [3.63, 3.8) is 0 Å². The molecule has 8 aromatic rings. The summed E-state index contributed by atoms with van der Waals surface area (Å²) in [6, 6.07) is 66.4. The average Bonchev–Trinajstić information content (AvgIpc) is 3.63. The summed E-state index contributed by atoms with van der Waals surface area (Å²) < 4.78 is 0. The van der Waals surface area contributed by atoms with Crippen LogP contribution in [0.4, 0.5) is 17.1 Å². The second kappa shape index (κ2) is 13.8. The van der Waals surface area contributed by atoms with Gasteiger partial charge in [0.2, 0.25) is 0 Å². The van der Waals surface area contributed by atoms with Crippen LogP contribution in [-0.2, 0) is 16.2 Å². The quantitative estimate of drug-likeness (QED) is 0.163. The molecule has 8 aromatic carbocycles. The maximum Gasteiger partial charge on any atom is 0.0473 e. The van der Waals surface area contributed by atoms with E-state index < -0.39 is 0 Å². The normalized spacial score (nSPS) is 14.3. The average molecular weight is 776 g/mol. The number of nitrogens with zero attached hydrogens (tertiary/aromatic N) is 1. The van der Waals surface area contributed by atoms with Gasteiger partial charge in [0.15, 0.2) is 0 Å². The second-order valence-corrected chi connectivity index (χ2v) is 19.2. The molecule has 60 heavy (non-hydrogen) atoms. The van der Waals surface area contributed by atoms with E-state index in [0.717, 1.165) is 17.1 Å². The number of hydrogen-bond donors (Lipinski definition) is 0. The highest BCUT2D eigenvalue weighted by Crippen LogP contribution is 2.52. The third kappa shape index (κ3) is 6.22. The van der Waals surface area contributed by atoms with Crippen LogP contribution in [0.5, 0.6) is 0 Å². The molecule has 0 saturated heterocycles. The van der Waals surface area contributed by atoms with Gasteiger partial charge in [0.1, 0.15) is 0 Å². The summed E-state index contributed by atoms with van der Waals surface area (Å²) in [5.74, 6) is 0. The molecule has 0 radical (unpaired) electrons. The van der Waals surface area contributed by atoms with Gasteiger partial charge in [-0.1, -0.05) is 175 Å². The van der Waals surface area contributed by atoms with Crippen LogP contribution in [0.2, 0.25) is 0 Å². The molecule has 2 aliphatic rings. The monoisotopic (exact) mass is 775 g/mol. The van der Waals surface area contributed by atoms with E-state index in [9.17, 15) is 0 Å². The molecule has 0 N–H and O–H groups in total. The zero-order valence-corrected chi connectivity index (χ0v) is 36.2. The van der Waals surface area contributed by atoms with Crippen molar-refractivity contribution < 1.29 is 0 Å². The Kier molecular flexibility index (Phi) is 8.71. The minimum Gasteiger partial charge on any atom is -0.310 e. The van der Waals surface area contributed by atoms with Crippen LogP contribution >= 0.6 is 0 Å². The van der Waals surface area contributed by atoms with Crippen molar-refractivity contribution in [3.8, 4) is 55.6 Å². The van der Waals surface area contributed by atoms with Gasteiger partial charge in [-0.05, 0) is 150 Å². The summed E-state index contributed by atoms with van der Waals surface area (Å²) in [6.45, 7) is 18.4. The molecule has 0 atom stereocenters. The van der Waals surface area contributed by atoms with Crippen LogP contribution < -0.4 is 4.90 Å². The minimum absolute atomic E-state index is 0.0916. The van der Waals surface area contributed by atoms with Crippen LogP contribution in [0.1, 0.15) is 81.8 Å². The van der Waals surface area contributed by atoms with Crippen LogP contribution in [0.25, 0.3) is 55.6 Å². The van der Waals surface area contributed by atoms with Crippen molar-refractivity contribution in [2.75, 3.05) is 4.90 Å². The lowest BCUT2D eigenvalue weighted by Crippen LogP contribution is -2.15. The fourth-order valence-corrected chi connectivity index (χ4v) is 9.95. The van der Waals surface area contributed by atoms with E-state index in [4.69, 9.17) is 0 Å². The number of aryl methyl sites for hydroxylation is 1. The van der Waals surface area contributed by atoms with Crippen LogP contribution in [0, 0.1) is 6.92 Å². The number of fused-ring (bicyclic) bond motifs is 6. The van der Waals surface area contributed by atoms with E-state index in [2.05, 4.69) is 236 Å². The van der Waals surface area contributed by atoms with Gasteiger partial charge in [0.25, 0.3) is 0 Å².